The van der Waals surface area contributed by atoms with Gasteiger partial charge in [-0.1, -0.05) is 24.3 Å². The van der Waals surface area contributed by atoms with Crippen molar-refractivity contribution in [2.24, 2.45) is 5.10 Å². The van der Waals surface area contributed by atoms with Gasteiger partial charge in [-0.3, -0.25) is 5.43 Å². The minimum Gasteiger partial charge on any atom is -0.478 e. The highest BCUT2D eigenvalue weighted by molar-refractivity contribution is 5.91. The highest BCUT2D eigenvalue weighted by atomic mass is 16.5. The Bertz CT molecular complexity index is 506. The number of ether oxygens (including phenoxy) is 1. The van der Waals surface area contributed by atoms with Crippen molar-refractivity contribution in [3.63, 3.8) is 0 Å². The smallest absolute Gasteiger partial charge is 0.349 e. The standard InChI is InChI=1S/C13H12N2O3/c16-13(17)12(10-5-4-8-14-15-9-10)18-11-6-2-1-3-7-11/h1-9,12,14H,(H,16,17). The van der Waals surface area contributed by atoms with Crippen LogP contribution < -0.4 is 10.2 Å². The molecule has 1 atom stereocenters. The maximum absolute atomic E-state index is 11.2. The second kappa shape index (κ2) is 5.67. The van der Waals surface area contributed by atoms with Crippen LogP contribution in [0.1, 0.15) is 0 Å². The number of allylic oxidation sites excluding steroid dienone is 2. The predicted octanol–water partition coefficient (Wildman–Crippen LogP) is 1.55. The Morgan fingerprint density at radius 2 is 2.11 bits per heavy atom. The summed E-state index contributed by atoms with van der Waals surface area (Å²) in [7, 11) is 0. The van der Waals surface area contributed by atoms with Crippen LogP contribution in [0.25, 0.3) is 0 Å². The van der Waals surface area contributed by atoms with Gasteiger partial charge in [-0.15, -0.1) is 0 Å². The molecule has 1 heterocycles. The third-order valence-corrected chi connectivity index (χ3v) is 2.27. The monoisotopic (exact) mass is 244 g/mol. The summed E-state index contributed by atoms with van der Waals surface area (Å²) in [5.74, 6) is -0.563. The topological polar surface area (TPSA) is 70.9 Å². The van der Waals surface area contributed by atoms with Crippen molar-refractivity contribution in [1.29, 1.82) is 0 Å². The van der Waals surface area contributed by atoms with Crippen LogP contribution in [0, 0.1) is 0 Å². The van der Waals surface area contributed by atoms with Gasteiger partial charge in [-0.25, -0.2) is 4.79 Å². The lowest BCUT2D eigenvalue weighted by Gasteiger charge is -2.15. The number of carboxylic acid groups (broad SMARTS) is 1. The van der Waals surface area contributed by atoms with E-state index in [9.17, 15) is 9.90 Å². The van der Waals surface area contributed by atoms with Gasteiger partial charge >= 0.3 is 5.97 Å². The normalized spacial score (nSPS) is 15.2. The maximum atomic E-state index is 11.2. The number of para-hydroxylation sites is 1. The van der Waals surface area contributed by atoms with Gasteiger partial charge in [0.05, 0.1) is 6.21 Å². The third-order valence-electron chi connectivity index (χ3n) is 2.27. The van der Waals surface area contributed by atoms with Crippen molar-refractivity contribution >= 4 is 12.2 Å². The fraction of sp³-hybridized carbons (Fsp3) is 0.0769. The molecule has 92 valence electrons. The molecule has 0 aliphatic carbocycles. The predicted molar refractivity (Wildman–Crippen MR) is 67.3 cm³/mol. The number of hydrogen-bond donors (Lipinski definition) is 2. The average Bonchev–Trinajstić information content (AvgIpc) is 2.65. The second-order valence-electron chi connectivity index (χ2n) is 3.56. The molecular weight excluding hydrogens is 232 g/mol. The van der Waals surface area contributed by atoms with Gasteiger partial charge in [-0.2, -0.15) is 5.10 Å². The summed E-state index contributed by atoms with van der Waals surface area (Å²) in [4.78, 5) is 11.2. The van der Waals surface area contributed by atoms with Crippen LogP contribution in [0.2, 0.25) is 0 Å². The van der Waals surface area contributed by atoms with Gasteiger partial charge in [-0.05, 0) is 18.2 Å². The minimum atomic E-state index is -1.08. The summed E-state index contributed by atoms with van der Waals surface area (Å²) in [6, 6.07) is 8.81. The summed E-state index contributed by atoms with van der Waals surface area (Å²) in [5.41, 5.74) is 3.09. The molecule has 2 N–H and O–H groups in total. The van der Waals surface area contributed by atoms with E-state index in [1.807, 2.05) is 6.07 Å². The molecule has 18 heavy (non-hydrogen) atoms. The first kappa shape index (κ1) is 11.9. The summed E-state index contributed by atoms with van der Waals surface area (Å²) >= 11 is 0. The van der Waals surface area contributed by atoms with Crippen LogP contribution in [0.3, 0.4) is 0 Å². The first-order chi connectivity index (χ1) is 8.77. The number of hydrogen-bond acceptors (Lipinski definition) is 4. The van der Waals surface area contributed by atoms with Crippen molar-refractivity contribution < 1.29 is 14.6 Å². The molecule has 1 aliphatic heterocycles. The largest absolute Gasteiger partial charge is 0.478 e. The first-order valence-electron chi connectivity index (χ1n) is 5.37. The van der Waals surface area contributed by atoms with Gasteiger partial charge < -0.3 is 9.84 Å². The number of carbonyl (C=O) groups is 1. The van der Waals surface area contributed by atoms with Crippen molar-refractivity contribution in [1.82, 2.24) is 5.43 Å². The average molecular weight is 244 g/mol. The molecule has 5 nitrogen and oxygen atoms in total. The number of aliphatic carboxylic acids is 1. The minimum absolute atomic E-state index is 0.465. The Balaban J connectivity index is 2.21. The Hall–Kier alpha value is -2.56. The van der Waals surface area contributed by atoms with Crippen LogP contribution >= 0.6 is 0 Å². The van der Waals surface area contributed by atoms with Crippen molar-refractivity contribution in [2.75, 3.05) is 0 Å². The third kappa shape index (κ3) is 2.98. The van der Waals surface area contributed by atoms with Gasteiger partial charge in [0, 0.05) is 11.8 Å². The lowest BCUT2D eigenvalue weighted by Crippen LogP contribution is -2.30. The quantitative estimate of drug-likeness (QED) is 0.843. The second-order valence-corrected chi connectivity index (χ2v) is 3.56. The highest BCUT2D eigenvalue weighted by Crippen LogP contribution is 2.15. The number of nitrogens with zero attached hydrogens (tertiary/aromatic N) is 1. The van der Waals surface area contributed by atoms with E-state index in [0.29, 0.717) is 11.3 Å². The molecule has 1 aromatic carbocycles. The number of benzene rings is 1. The molecule has 0 saturated carbocycles. The summed E-state index contributed by atoms with van der Waals surface area (Å²) < 4.78 is 5.45. The van der Waals surface area contributed by atoms with Gasteiger partial charge in [0.15, 0.2) is 0 Å². The molecule has 0 aromatic heterocycles. The Morgan fingerprint density at radius 3 is 2.83 bits per heavy atom. The Kier molecular flexibility index (Phi) is 3.76. The number of hydrazone groups is 1. The molecule has 0 saturated heterocycles. The molecule has 0 radical (unpaired) electrons. The molecule has 2 rings (SSSR count). The molecule has 0 amide bonds. The van der Waals surface area contributed by atoms with E-state index in [2.05, 4.69) is 10.5 Å². The molecule has 1 unspecified atom stereocenters. The van der Waals surface area contributed by atoms with E-state index < -0.39 is 12.1 Å². The Labute approximate surface area is 104 Å². The van der Waals surface area contributed by atoms with E-state index in [-0.39, 0.29) is 0 Å². The zero-order valence-electron chi connectivity index (χ0n) is 9.48. The van der Waals surface area contributed by atoms with E-state index in [0.717, 1.165) is 0 Å². The summed E-state index contributed by atoms with van der Waals surface area (Å²) in [6.45, 7) is 0. The van der Waals surface area contributed by atoms with Crippen molar-refractivity contribution in [3.05, 3.63) is 54.3 Å². The lowest BCUT2D eigenvalue weighted by atomic mass is 10.1. The number of nitrogens with one attached hydrogen (secondary N) is 1. The van der Waals surface area contributed by atoms with Crippen molar-refractivity contribution in [3.8, 4) is 5.75 Å². The van der Waals surface area contributed by atoms with Gasteiger partial charge in [0.25, 0.3) is 0 Å². The summed E-state index contributed by atoms with van der Waals surface area (Å²) in [6.07, 6.45) is 5.27. The van der Waals surface area contributed by atoms with Crippen LogP contribution in [-0.4, -0.2) is 23.4 Å². The molecular formula is C13H12N2O3. The molecule has 5 heteroatoms. The van der Waals surface area contributed by atoms with E-state index in [4.69, 9.17) is 4.74 Å². The van der Waals surface area contributed by atoms with E-state index in [1.165, 1.54) is 6.21 Å². The van der Waals surface area contributed by atoms with Crippen LogP contribution in [0.15, 0.2) is 59.4 Å². The fourth-order valence-corrected chi connectivity index (χ4v) is 1.45. The first-order valence-corrected chi connectivity index (χ1v) is 5.37. The lowest BCUT2D eigenvalue weighted by molar-refractivity contribution is -0.143. The van der Waals surface area contributed by atoms with Crippen LogP contribution in [-0.2, 0) is 4.79 Å². The Morgan fingerprint density at radius 1 is 1.33 bits per heavy atom. The SMILES string of the molecule is O=C(O)C(Oc1ccccc1)C1=CC=CNN=C1. The molecule has 0 fully saturated rings. The molecule has 1 aromatic rings. The van der Waals surface area contributed by atoms with Crippen LogP contribution in [0.4, 0.5) is 0 Å². The number of rotatable bonds is 4. The van der Waals surface area contributed by atoms with Gasteiger partial charge in [0.1, 0.15) is 5.75 Å². The maximum Gasteiger partial charge on any atom is 0.349 e. The summed E-state index contributed by atoms with van der Waals surface area (Å²) in [5, 5.41) is 13.0. The number of carboxylic acids is 1. The molecule has 0 bridgehead atoms. The highest BCUT2D eigenvalue weighted by Gasteiger charge is 2.23. The van der Waals surface area contributed by atoms with Gasteiger partial charge in [0.2, 0.25) is 6.10 Å². The zero-order valence-corrected chi connectivity index (χ0v) is 9.48. The van der Waals surface area contributed by atoms with Crippen LogP contribution in [0.5, 0.6) is 5.75 Å². The van der Waals surface area contributed by atoms with E-state index >= 15 is 0 Å². The zero-order chi connectivity index (χ0) is 12.8. The van der Waals surface area contributed by atoms with E-state index in [1.54, 1.807) is 42.6 Å². The molecule has 1 aliphatic rings. The fourth-order valence-electron chi connectivity index (χ4n) is 1.45. The molecule has 0 spiro atoms. The van der Waals surface area contributed by atoms with Crippen molar-refractivity contribution in [2.45, 2.75) is 6.10 Å².